The van der Waals surface area contributed by atoms with E-state index in [0.29, 0.717) is 22.7 Å². The normalized spacial score (nSPS) is 22.1. The second-order valence-corrected chi connectivity index (χ2v) is 15.2. The fourth-order valence-electron chi connectivity index (χ4n) is 7.79. The Kier molecular flexibility index (Phi) is 11.5. The predicted octanol–water partition coefficient (Wildman–Crippen LogP) is 11.7. The molecule has 1 heteroatoms. The summed E-state index contributed by atoms with van der Waals surface area (Å²) in [5, 5.41) is 0. The topological polar surface area (TPSA) is 9.23 Å². The fourth-order valence-corrected chi connectivity index (χ4v) is 7.79. The Bertz CT molecular complexity index is 1210. The summed E-state index contributed by atoms with van der Waals surface area (Å²) in [6, 6.07) is 29.0. The van der Waals surface area contributed by atoms with Crippen molar-refractivity contribution in [1.29, 1.82) is 0 Å². The van der Waals surface area contributed by atoms with Crippen molar-refractivity contribution < 1.29 is 4.74 Å². The highest BCUT2D eigenvalue weighted by molar-refractivity contribution is 5.42. The van der Waals surface area contributed by atoms with Crippen LogP contribution in [0.15, 0.2) is 78.9 Å². The summed E-state index contributed by atoms with van der Waals surface area (Å²) in [7, 11) is 1.79. The molecule has 0 aliphatic heterocycles. The van der Waals surface area contributed by atoms with Crippen molar-refractivity contribution in [2.45, 2.75) is 117 Å². The molecule has 6 rings (SSSR count). The summed E-state index contributed by atoms with van der Waals surface area (Å²) in [6.45, 7) is 15.2. The summed E-state index contributed by atoms with van der Waals surface area (Å²) >= 11 is 0. The molecule has 0 heterocycles. The first-order valence-corrected chi connectivity index (χ1v) is 16.8. The summed E-state index contributed by atoms with van der Waals surface area (Å²) in [6.07, 6.45) is 12.2. The van der Waals surface area contributed by atoms with Gasteiger partial charge in [0, 0.05) is 19.6 Å². The molecule has 0 aromatic heterocycles. The molecule has 3 atom stereocenters. The zero-order valence-electron chi connectivity index (χ0n) is 27.8. The van der Waals surface area contributed by atoms with Crippen molar-refractivity contribution in [2.75, 3.05) is 13.7 Å². The molecule has 3 unspecified atom stereocenters. The average Bonchev–Trinajstić information content (AvgIpc) is 3.50. The number of methoxy groups -OCH3 is 1. The molecule has 0 bridgehead atoms. The third-order valence-electron chi connectivity index (χ3n) is 10.0. The summed E-state index contributed by atoms with van der Waals surface area (Å²) in [5.74, 6) is 2.90. The Morgan fingerprint density at radius 3 is 1.74 bits per heavy atom. The van der Waals surface area contributed by atoms with Crippen LogP contribution in [0.2, 0.25) is 0 Å². The van der Waals surface area contributed by atoms with Gasteiger partial charge in [-0.15, -0.1) is 0 Å². The van der Waals surface area contributed by atoms with Gasteiger partial charge in [-0.1, -0.05) is 133 Å². The van der Waals surface area contributed by atoms with Crippen molar-refractivity contribution >= 4 is 0 Å². The van der Waals surface area contributed by atoms with E-state index in [0.717, 1.165) is 18.4 Å². The van der Waals surface area contributed by atoms with Gasteiger partial charge in [0.2, 0.25) is 0 Å². The van der Waals surface area contributed by atoms with Gasteiger partial charge in [-0.25, -0.2) is 0 Å². The van der Waals surface area contributed by atoms with E-state index in [1.54, 1.807) is 29.4 Å². The van der Waals surface area contributed by atoms with Gasteiger partial charge in [0.15, 0.2) is 0 Å². The third kappa shape index (κ3) is 8.59. The molecule has 1 fully saturated rings. The van der Waals surface area contributed by atoms with Crippen LogP contribution < -0.4 is 0 Å². The number of fused-ring (bicyclic) bond motifs is 2. The zero-order valence-corrected chi connectivity index (χ0v) is 27.8. The van der Waals surface area contributed by atoms with Crippen LogP contribution in [0.25, 0.3) is 0 Å². The molecule has 0 radical (unpaired) electrons. The Hall–Kier alpha value is -2.38. The highest BCUT2D eigenvalue weighted by Gasteiger charge is 2.34. The highest BCUT2D eigenvalue weighted by atomic mass is 16.5. The smallest absolute Gasteiger partial charge is 0.0490 e. The maximum Gasteiger partial charge on any atom is 0.0490 e. The van der Waals surface area contributed by atoms with E-state index in [4.69, 9.17) is 4.74 Å². The highest BCUT2D eigenvalue weighted by Crippen LogP contribution is 2.49. The van der Waals surface area contributed by atoms with E-state index < -0.39 is 0 Å². The molecule has 42 heavy (non-hydrogen) atoms. The van der Waals surface area contributed by atoms with Gasteiger partial charge in [-0.05, 0) is 101 Å². The Morgan fingerprint density at radius 1 is 0.571 bits per heavy atom. The van der Waals surface area contributed by atoms with Gasteiger partial charge in [-0.3, -0.25) is 0 Å². The Balaban J connectivity index is 0.000000159. The van der Waals surface area contributed by atoms with Crippen molar-refractivity contribution in [1.82, 2.24) is 0 Å². The molecule has 0 amide bonds. The minimum atomic E-state index is 0.345. The standard InChI is InChI=1S/C20H24.C14H20.C7H14O/c1-20(2,3)19-14-13-16(15-9-5-4-6-10-15)17-11-7-8-12-18(17)19;1-14(2,3)13-10-6-8-11-7-4-5-9-12(11)13;1-8-6-7-4-2-3-5-7/h4-12,16,19H,13-14H2,1-3H3;4-5,7,9,13H,6,8,10H2,1-3H3;7H,2-6H2,1H3. The third-order valence-corrected chi connectivity index (χ3v) is 10.0. The minimum absolute atomic E-state index is 0.345. The molecule has 1 nitrogen and oxygen atoms in total. The lowest BCUT2D eigenvalue weighted by molar-refractivity contribution is 0.155. The molecule has 3 aromatic rings. The number of hydrogen-bond donors (Lipinski definition) is 0. The van der Waals surface area contributed by atoms with Crippen molar-refractivity contribution in [3.05, 3.63) is 107 Å². The molecule has 3 aliphatic carbocycles. The second kappa shape index (κ2) is 14.9. The molecule has 1 saturated carbocycles. The summed E-state index contributed by atoms with van der Waals surface area (Å²) in [5.41, 5.74) is 8.52. The van der Waals surface area contributed by atoms with E-state index in [1.165, 1.54) is 63.4 Å². The van der Waals surface area contributed by atoms with Crippen LogP contribution in [-0.4, -0.2) is 13.7 Å². The predicted molar refractivity (Wildman–Crippen MR) is 182 cm³/mol. The van der Waals surface area contributed by atoms with Gasteiger partial charge < -0.3 is 4.74 Å². The number of ether oxygens (including phenoxy) is 1. The largest absolute Gasteiger partial charge is 0.384 e. The van der Waals surface area contributed by atoms with Gasteiger partial charge in [0.25, 0.3) is 0 Å². The number of rotatable bonds is 3. The second-order valence-electron chi connectivity index (χ2n) is 15.2. The lowest BCUT2D eigenvalue weighted by atomic mass is 9.65. The maximum absolute atomic E-state index is 5.03. The lowest BCUT2D eigenvalue weighted by Gasteiger charge is -2.39. The van der Waals surface area contributed by atoms with Crippen molar-refractivity contribution in [2.24, 2.45) is 16.7 Å². The molecule has 0 saturated heterocycles. The minimum Gasteiger partial charge on any atom is -0.384 e. The summed E-state index contributed by atoms with van der Waals surface area (Å²) < 4.78 is 5.03. The molecule has 0 spiro atoms. The van der Waals surface area contributed by atoms with Crippen LogP contribution in [0.5, 0.6) is 0 Å². The van der Waals surface area contributed by atoms with Crippen LogP contribution in [0, 0.1) is 16.7 Å². The van der Waals surface area contributed by atoms with Gasteiger partial charge in [0.05, 0.1) is 0 Å². The fraction of sp³-hybridized carbons (Fsp3) is 0.561. The van der Waals surface area contributed by atoms with Gasteiger partial charge >= 0.3 is 0 Å². The molecule has 228 valence electrons. The quantitative estimate of drug-likeness (QED) is 0.306. The van der Waals surface area contributed by atoms with Crippen molar-refractivity contribution in [3.63, 3.8) is 0 Å². The maximum atomic E-state index is 5.03. The van der Waals surface area contributed by atoms with Crippen LogP contribution in [0.4, 0.5) is 0 Å². The molecular weight excluding hydrogens is 508 g/mol. The van der Waals surface area contributed by atoms with E-state index >= 15 is 0 Å². The molecule has 3 aliphatic rings. The average molecular weight is 567 g/mol. The summed E-state index contributed by atoms with van der Waals surface area (Å²) in [4.78, 5) is 0. The zero-order chi connectivity index (χ0) is 30.2. The first-order chi connectivity index (χ1) is 20.1. The van der Waals surface area contributed by atoms with Crippen LogP contribution in [0.3, 0.4) is 0 Å². The molecule has 0 N–H and O–H groups in total. The van der Waals surface area contributed by atoms with Crippen LogP contribution in [0.1, 0.15) is 138 Å². The molecule has 3 aromatic carbocycles. The van der Waals surface area contributed by atoms with Gasteiger partial charge in [0.1, 0.15) is 0 Å². The van der Waals surface area contributed by atoms with E-state index in [2.05, 4.69) is 120 Å². The lowest BCUT2D eigenvalue weighted by Crippen LogP contribution is -2.25. The van der Waals surface area contributed by atoms with Crippen molar-refractivity contribution in [3.8, 4) is 0 Å². The number of benzene rings is 3. The SMILES string of the molecule is CC(C)(C)C1CCC(c2ccccc2)c2ccccc21.CC(C)(C)C1CCCc2ccccc21.COCC1CCCC1. The first-order valence-electron chi connectivity index (χ1n) is 16.8. The Morgan fingerprint density at radius 2 is 1.12 bits per heavy atom. The van der Waals surface area contributed by atoms with E-state index in [-0.39, 0.29) is 0 Å². The number of aryl methyl sites for hydroxylation is 1. The van der Waals surface area contributed by atoms with E-state index in [1.807, 2.05) is 0 Å². The number of hydrogen-bond acceptors (Lipinski definition) is 1. The van der Waals surface area contributed by atoms with Crippen LogP contribution in [-0.2, 0) is 11.2 Å². The Labute approximate surface area is 258 Å². The molecular formula is C41H58O. The van der Waals surface area contributed by atoms with E-state index in [9.17, 15) is 0 Å². The monoisotopic (exact) mass is 566 g/mol. The van der Waals surface area contributed by atoms with Gasteiger partial charge in [-0.2, -0.15) is 0 Å². The van der Waals surface area contributed by atoms with Crippen LogP contribution >= 0.6 is 0 Å². The first kappa shape index (κ1) is 32.5.